The maximum Gasteiger partial charge on any atom is 0.280 e. The van der Waals surface area contributed by atoms with Crippen molar-refractivity contribution in [2.24, 2.45) is 11.8 Å². The maximum atomic E-state index is 14.2. The van der Waals surface area contributed by atoms with Crippen molar-refractivity contribution in [3.8, 4) is 0 Å². The van der Waals surface area contributed by atoms with Crippen molar-refractivity contribution in [1.29, 1.82) is 0 Å². The number of H-pyrrole nitrogens is 2. The van der Waals surface area contributed by atoms with Gasteiger partial charge in [-0.1, -0.05) is 97.1 Å². The number of nitrogens with zero attached hydrogens (tertiary/aromatic N) is 6. The monoisotopic (exact) mass is 1160 g/mol. The summed E-state index contributed by atoms with van der Waals surface area (Å²) < 4.78 is 12.5. The number of likely N-dealkylation sites (N-methyl/N-ethyl adjacent to an activating group) is 2. The van der Waals surface area contributed by atoms with Crippen LogP contribution in [-0.4, -0.2) is 185 Å². The number of carbonyl (C=O) groups excluding carboxylic acids is 6. The zero-order valence-electron chi connectivity index (χ0n) is 48.5. The van der Waals surface area contributed by atoms with Crippen LogP contribution in [0, 0.1) is 11.8 Å². The molecule has 6 saturated heterocycles. The van der Waals surface area contributed by atoms with Crippen molar-refractivity contribution >= 4 is 68.4 Å². The Labute approximate surface area is 496 Å². The van der Waals surface area contributed by atoms with Crippen LogP contribution in [-0.2, 0) is 63.9 Å². The van der Waals surface area contributed by atoms with Crippen LogP contribution in [0.15, 0.2) is 122 Å². The molecule has 10 aliphatic rings. The minimum absolute atomic E-state index is 0.144. The number of amides is 6. The molecule has 12 atom stereocenters. The van der Waals surface area contributed by atoms with E-state index in [2.05, 4.69) is 67.1 Å². The number of rotatable bonds is 8. The number of fused-ring (bicyclic) bond motifs is 10. The minimum Gasteiger partial charge on any atom is -0.361 e. The first-order valence-electron chi connectivity index (χ1n) is 30.2. The molecular formula is C66H70N10O10. The Hall–Kier alpha value is -7.98. The molecule has 0 bridgehead atoms. The van der Waals surface area contributed by atoms with Crippen molar-refractivity contribution in [1.82, 2.24) is 50.0 Å². The third-order valence-electron chi connectivity index (χ3n) is 20.3. The molecule has 10 heterocycles. The number of aromatic nitrogens is 2. The van der Waals surface area contributed by atoms with E-state index in [0.717, 1.165) is 57.3 Å². The second-order valence-electron chi connectivity index (χ2n) is 25.6. The highest BCUT2D eigenvalue weighted by Crippen LogP contribution is 2.49. The van der Waals surface area contributed by atoms with Gasteiger partial charge in [0.25, 0.3) is 23.6 Å². The predicted molar refractivity (Wildman–Crippen MR) is 316 cm³/mol. The van der Waals surface area contributed by atoms with E-state index in [-0.39, 0.29) is 48.6 Å². The summed E-state index contributed by atoms with van der Waals surface area (Å²) in [5.41, 5.74) is 7.17. The lowest BCUT2D eigenvalue weighted by atomic mass is 9.79. The van der Waals surface area contributed by atoms with Gasteiger partial charge in [-0.15, -0.1) is 0 Å². The number of piperazine rings is 2. The third-order valence-corrected chi connectivity index (χ3v) is 20.3. The van der Waals surface area contributed by atoms with E-state index in [1.54, 1.807) is 9.80 Å². The summed E-state index contributed by atoms with van der Waals surface area (Å²) in [6, 6.07) is 28.2. The van der Waals surface area contributed by atoms with Gasteiger partial charge in [-0.2, -0.15) is 0 Å². The lowest BCUT2D eigenvalue weighted by Gasteiger charge is -2.48. The summed E-state index contributed by atoms with van der Waals surface area (Å²) in [5.74, 6) is -7.53. The second kappa shape index (κ2) is 19.8. The molecule has 2 aliphatic carbocycles. The van der Waals surface area contributed by atoms with Gasteiger partial charge in [0.2, 0.25) is 35.1 Å². The summed E-state index contributed by atoms with van der Waals surface area (Å²) in [6.45, 7) is 4.90. The minimum atomic E-state index is -2.04. The van der Waals surface area contributed by atoms with Gasteiger partial charge in [0.1, 0.15) is 24.2 Å². The summed E-state index contributed by atoms with van der Waals surface area (Å²) >= 11 is 0. The fourth-order valence-electron chi connectivity index (χ4n) is 16.2. The van der Waals surface area contributed by atoms with Gasteiger partial charge in [-0.05, 0) is 123 Å². The highest BCUT2D eigenvalue weighted by Gasteiger charge is 2.71. The van der Waals surface area contributed by atoms with Crippen LogP contribution in [0.3, 0.4) is 0 Å². The van der Waals surface area contributed by atoms with E-state index in [1.165, 1.54) is 45.5 Å². The van der Waals surface area contributed by atoms with Gasteiger partial charge in [-0.3, -0.25) is 57.8 Å². The van der Waals surface area contributed by atoms with Crippen LogP contribution >= 0.6 is 0 Å². The van der Waals surface area contributed by atoms with Gasteiger partial charge >= 0.3 is 0 Å². The third kappa shape index (κ3) is 8.23. The normalized spacial score (nSPS) is 33.3. The first-order valence-corrected chi connectivity index (χ1v) is 30.2. The summed E-state index contributed by atoms with van der Waals surface area (Å²) in [5, 5.41) is 32.2. The van der Waals surface area contributed by atoms with Crippen LogP contribution in [0.25, 0.3) is 33.0 Å². The Morgan fingerprint density at radius 2 is 0.988 bits per heavy atom. The summed E-state index contributed by atoms with van der Waals surface area (Å²) in [7, 11) is 4.04. The molecule has 16 rings (SSSR count). The molecule has 0 unspecified atom stereocenters. The number of nitrogens with one attached hydrogen (secondary N) is 4. The molecule has 0 saturated carbocycles. The molecule has 6 amide bonds. The lowest BCUT2D eigenvalue weighted by Crippen LogP contribution is -2.71. The van der Waals surface area contributed by atoms with Gasteiger partial charge < -0.3 is 40.6 Å². The fraction of sp³-hybridized carbons (Fsp3) is 0.424. The molecule has 6 aromatic rings. The molecule has 8 aliphatic heterocycles. The molecule has 444 valence electrons. The van der Waals surface area contributed by atoms with E-state index in [4.69, 9.17) is 9.47 Å². The van der Waals surface area contributed by atoms with Gasteiger partial charge in [0.05, 0.1) is 11.8 Å². The zero-order valence-corrected chi connectivity index (χ0v) is 48.5. The molecule has 6 N–H and O–H groups in total. The Bertz CT molecular complexity index is 3650. The van der Waals surface area contributed by atoms with Crippen LogP contribution in [0.5, 0.6) is 0 Å². The average molecular weight is 1160 g/mol. The first-order chi connectivity index (χ1) is 41.4. The van der Waals surface area contributed by atoms with Crippen LogP contribution in [0.4, 0.5) is 0 Å². The highest BCUT2D eigenvalue weighted by atomic mass is 16.7. The standard InChI is InChI=1S/2C33H35N5O5/c2*1-32(35-29(39)21-15-23-22-10-6-11-24-28(22)20(17-34-24)16-25(23)36(2)18-21)31(41)38-26(14-19-8-4-3-5-9-19)30(40)37-13-7-12-27(37)33(38,42)43-32/h2*3-6,8-11,15,17,21,25-27,34,42H,7,12-14,16,18H2,1-2H3,(H,35,39)/t2*21-,25-,26+,27+,32-,33+/m11/s1. The molecule has 20 heteroatoms. The zero-order chi connectivity index (χ0) is 59.3. The predicted octanol–water partition coefficient (Wildman–Crippen LogP) is 3.98. The van der Waals surface area contributed by atoms with Gasteiger partial charge in [-0.25, -0.2) is 0 Å². The van der Waals surface area contributed by atoms with E-state index < -0.39 is 71.1 Å². The summed E-state index contributed by atoms with van der Waals surface area (Å²) in [6.07, 6.45) is 12.8. The van der Waals surface area contributed by atoms with Crippen molar-refractivity contribution < 1.29 is 48.5 Å². The summed E-state index contributed by atoms with van der Waals surface area (Å²) in [4.78, 5) is 100. The van der Waals surface area contributed by atoms with E-state index >= 15 is 0 Å². The number of carbonyl (C=O) groups is 6. The highest BCUT2D eigenvalue weighted by molar-refractivity contribution is 6.03. The SMILES string of the molecule is CN1C[C@H](C(=O)N[C@]2(C)O[C@@]3(O)[C@@H]4CCCN4C(=O)[C@H](Cc4ccccc4)N3C2=O)C=C2c3cccc4[nH]cc(c34)C[C@H]21.CN1C[C@H](C(=O)N[C@]2(C)O[C@@]3(O)[C@@H]4CCCN4C(=O)[C@H](Cc4ccccc4)N3C2=O)C=C2c3cccc4[nH]cc(c34)C[C@H]21. The maximum absolute atomic E-state index is 14.2. The number of hydrogen-bond donors (Lipinski definition) is 6. The van der Waals surface area contributed by atoms with Crippen molar-refractivity contribution in [2.45, 2.75) is 125 Å². The lowest BCUT2D eigenvalue weighted by molar-refractivity contribution is -0.315. The van der Waals surface area contributed by atoms with Crippen molar-refractivity contribution in [3.63, 3.8) is 0 Å². The average Bonchev–Trinajstić information content (AvgIpc) is 1.83. The van der Waals surface area contributed by atoms with Crippen LogP contribution in [0.2, 0.25) is 0 Å². The van der Waals surface area contributed by atoms with E-state index in [1.807, 2.05) is 99.0 Å². The number of aliphatic hydroxyl groups is 2. The number of aromatic amines is 2. The van der Waals surface area contributed by atoms with Crippen molar-refractivity contribution in [3.05, 3.63) is 155 Å². The van der Waals surface area contributed by atoms with Gasteiger partial charge in [0, 0.05) is 85.3 Å². The quantitative estimate of drug-likeness (QED) is 0.127. The molecule has 86 heavy (non-hydrogen) atoms. The smallest absolute Gasteiger partial charge is 0.280 e. The van der Waals surface area contributed by atoms with Crippen molar-refractivity contribution in [2.75, 3.05) is 40.3 Å². The fourth-order valence-corrected chi connectivity index (χ4v) is 16.2. The van der Waals surface area contributed by atoms with Crippen LogP contribution < -0.4 is 10.6 Å². The Balaban J connectivity index is 0.000000145. The molecule has 4 aromatic carbocycles. The number of ether oxygens (including phenoxy) is 2. The molecule has 20 nitrogen and oxygen atoms in total. The Morgan fingerprint density at radius 3 is 1.40 bits per heavy atom. The molecular weight excluding hydrogens is 1090 g/mol. The molecule has 2 aromatic heterocycles. The number of hydrogen-bond acceptors (Lipinski definition) is 12. The molecule has 0 spiro atoms. The van der Waals surface area contributed by atoms with E-state index in [9.17, 15) is 39.0 Å². The van der Waals surface area contributed by atoms with Gasteiger partial charge in [0.15, 0.2) is 0 Å². The molecule has 6 fully saturated rings. The van der Waals surface area contributed by atoms with Crippen LogP contribution in [0.1, 0.15) is 72.9 Å². The second-order valence-corrected chi connectivity index (χ2v) is 25.6. The van der Waals surface area contributed by atoms with E-state index in [0.29, 0.717) is 51.9 Å². The largest absolute Gasteiger partial charge is 0.361 e. The topological polar surface area (TPSA) is 236 Å². The Morgan fingerprint density at radius 1 is 0.581 bits per heavy atom. The molecule has 0 radical (unpaired) electrons. The first kappa shape index (κ1) is 54.7. The number of benzene rings is 4. The Kier molecular flexibility index (Phi) is 12.6.